The number of methoxy groups -OCH3 is 2. The van der Waals surface area contributed by atoms with Gasteiger partial charge in [0.15, 0.2) is 0 Å². The van der Waals surface area contributed by atoms with Gasteiger partial charge in [0.25, 0.3) is 0 Å². The van der Waals surface area contributed by atoms with Gasteiger partial charge < -0.3 is 18.8 Å². The first-order valence-electron chi connectivity index (χ1n) is 5.93. The van der Waals surface area contributed by atoms with Crippen molar-refractivity contribution < 1.29 is 13.9 Å². The van der Waals surface area contributed by atoms with Crippen LogP contribution in [0.15, 0.2) is 4.42 Å². The number of halogens is 1. The second-order valence-corrected chi connectivity index (χ2v) is 4.12. The summed E-state index contributed by atoms with van der Waals surface area (Å²) in [6.45, 7) is 2.81. The molecule has 0 fully saturated rings. The maximum atomic E-state index is 5.63. The monoisotopic (exact) mass is 277 g/mol. The molecule has 0 atom stereocenters. The van der Waals surface area contributed by atoms with Crippen LogP contribution in [0.4, 0.5) is 6.01 Å². The molecule has 1 aromatic heterocycles. The molecule has 6 nitrogen and oxygen atoms in total. The average molecular weight is 278 g/mol. The number of ether oxygens (including phenoxy) is 2. The molecule has 0 aromatic carbocycles. The van der Waals surface area contributed by atoms with Crippen LogP contribution in [0.2, 0.25) is 0 Å². The first-order valence-corrected chi connectivity index (χ1v) is 6.46. The molecule has 0 aliphatic heterocycles. The van der Waals surface area contributed by atoms with E-state index in [2.05, 4.69) is 10.2 Å². The summed E-state index contributed by atoms with van der Waals surface area (Å²) in [6, 6.07) is 0.517. The van der Waals surface area contributed by atoms with Gasteiger partial charge in [-0.2, -0.15) is 0 Å². The van der Waals surface area contributed by atoms with E-state index in [1.807, 2.05) is 4.90 Å². The molecule has 0 spiro atoms. The molecule has 1 heterocycles. The highest BCUT2D eigenvalue weighted by atomic mass is 35.5. The fourth-order valence-electron chi connectivity index (χ4n) is 1.46. The molecule has 0 aliphatic carbocycles. The maximum Gasteiger partial charge on any atom is 0.318 e. The molecule has 0 aliphatic rings. The molecule has 18 heavy (non-hydrogen) atoms. The summed E-state index contributed by atoms with van der Waals surface area (Å²) in [5.74, 6) is 1.04. The SMILES string of the molecule is COCCCN(CCOC)c1nnc(CCCl)o1. The number of nitrogens with zero attached hydrogens (tertiary/aromatic N) is 3. The molecule has 0 saturated carbocycles. The largest absolute Gasteiger partial charge is 0.408 e. The van der Waals surface area contributed by atoms with Crippen LogP contribution in [0.5, 0.6) is 0 Å². The second kappa shape index (κ2) is 9.13. The molecule has 1 aromatic rings. The summed E-state index contributed by atoms with van der Waals surface area (Å²) >= 11 is 5.63. The quantitative estimate of drug-likeness (QED) is 0.475. The van der Waals surface area contributed by atoms with Gasteiger partial charge in [-0.05, 0) is 6.42 Å². The number of hydrogen-bond donors (Lipinski definition) is 0. The molecule has 0 bridgehead atoms. The highest BCUT2D eigenvalue weighted by Gasteiger charge is 2.13. The topological polar surface area (TPSA) is 60.6 Å². The number of alkyl halides is 1. The minimum atomic E-state index is 0.476. The van der Waals surface area contributed by atoms with Crippen molar-refractivity contribution >= 4 is 17.6 Å². The van der Waals surface area contributed by atoms with Crippen LogP contribution < -0.4 is 4.90 Å². The Kier molecular flexibility index (Phi) is 7.71. The van der Waals surface area contributed by atoms with Crippen molar-refractivity contribution in [3.63, 3.8) is 0 Å². The van der Waals surface area contributed by atoms with Gasteiger partial charge >= 0.3 is 6.01 Å². The van der Waals surface area contributed by atoms with E-state index < -0.39 is 0 Å². The predicted octanol–water partition coefficient (Wildman–Crippen LogP) is 1.34. The summed E-state index contributed by atoms with van der Waals surface area (Å²) in [5.41, 5.74) is 0. The minimum absolute atomic E-state index is 0.476. The molecular weight excluding hydrogens is 258 g/mol. The summed E-state index contributed by atoms with van der Waals surface area (Å²) in [7, 11) is 3.35. The molecule has 0 unspecified atom stereocenters. The number of hydrogen-bond acceptors (Lipinski definition) is 6. The number of aromatic nitrogens is 2. The third kappa shape index (κ3) is 5.20. The van der Waals surface area contributed by atoms with Crippen LogP contribution in [0.25, 0.3) is 0 Å². The fraction of sp³-hybridized carbons (Fsp3) is 0.818. The van der Waals surface area contributed by atoms with Crippen molar-refractivity contribution in [2.75, 3.05) is 51.3 Å². The summed E-state index contributed by atoms with van der Waals surface area (Å²) in [6.07, 6.45) is 1.48. The van der Waals surface area contributed by atoms with E-state index in [4.69, 9.17) is 25.5 Å². The number of aryl methyl sites for hydroxylation is 1. The smallest absolute Gasteiger partial charge is 0.318 e. The van der Waals surface area contributed by atoms with Crippen LogP contribution in [0, 0.1) is 0 Å². The zero-order chi connectivity index (χ0) is 13.2. The standard InChI is InChI=1S/C11H20ClN3O3/c1-16-8-3-6-15(7-9-17-2)11-14-13-10(18-11)4-5-12/h3-9H2,1-2H3. The Morgan fingerprint density at radius 1 is 1.17 bits per heavy atom. The van der Waals surface area contributed by atoms with Gasteiger partial charge in [-0.25, -0.2) is 0 Å². The molecule has 0 saturated heterocycles. The van der Waals surface area contributed by atoms with Crippen LogP contribution in [0.3, 0.4) is 0 Å². The van der Waals surface area contributed by atoms with Crippen molar-refractivity contribution in [2.45, 2.75) is 12.8 Å². The number of anilines is 1. The Morgan fingerprint density at radius 3 is 2.61 bits per heavy atom. The van der Waals surface area contributed by atoms with Gasteiger partial charge in [0.1, 0.15) is 0 Å². The second-order valence-electron chi connectivity index (χ2n) is 3.74. The summed E-state index contributed by atoms with van der Waals surface area (Å²) < 4.78 is 15.6. The lowest BCUT2D eigenvalue weighted by Gasteiger charge is -2.19. The highest BCUT2D eigenvalue weighted by molar-refractivity contribution is 6.17. The Bertz CT molecular complexity index is 322. The fourth-order valence-corrected chi connectivity index (χ4v) is 1.62. The predicted molar refractivity (Wildman–Crippen MR) is 69.3 cm³/mol. The van der Waals surface area contributed by atoms with E-state index in [0.717, 1.165) is 13.0 Å². The molecule has 0 radical (unpaired) electrons. The van der Waals surface area contributed by atoms with E-state index in [9.17, 15) is 0 Å². The zero-order valence-electron chi connectivity index (χ0n) is 10.9. The van der Waals surface area contributed by atoms with Gasteiger partial charge in [0, 0.05) is 46.2 Å². The van der Waals surface area contributed by atoms with Crippen LogP contribution >= 0.6 is 11.6 Å². The molecule has 104 valence electrons. The van der Waals surface area contributed by atoms with Gasteiger partial charge in [-0.15, -0.1) is 16.7 Å². The van der Waals surface area contributed by atoms with Gasteiger partial charge in [-0.3, -0.25) is 0 Å². The molecule has 7 heteroatoms. The molecule has 0 amide bonds. The van der Waals surface area contributed by atoms with E-state index in [-0.39, 0.29) is 0 Å². The third-order valence-electron chi connectivity index (χ3n) is 2.38. The summed E-state index contributed by atoms with van der Waals surface area (Å²) in [4.78, 5) is 1.99. The van der Waals surface area contributed by atoms with E-state index in [0.29, 0.717) is 44.0 Å². The van der Waals surface area contributed by atoms with Crippen LogP contribution in [0.1, 0.15) is 12.3 Å². The first kappa shape index (κ1) is 15.2. The average Bonchev–Trinajstić information content (AvgIpc) is 2.82. The minimum Gasteiger partial charge on any atom is -0.408 e. The van der Waals surface area contributed by atoms with Crippen molar-refractivity contribution in [1.82, 2.24) is 10.2 Å². The maximum absolute atomic E-state index is 5.63. The van der Waals surface area contributed by atoms with Crippen molar-refractivity contribution in [2.24, 2.45) is 0 Å². The lowest BCUT2D eigenvalue weighted by atomic mass is 10.4. The lowest BCUT2D eigenvalue weighted by Crippen LogP contribution is -2.29. The van der Waals surface area contributed by atoms with E-state index in [1.165, 1.54) is 0 Å². The lowest BCUT2D eigenvalue weighted by molar-refractivity contribution is 0.189. The van der Waals surface area contributed by atoms with Gasteiger partial charge in [0.2, 0.25) is 5.89 Å². The first-order chi connectivity index (χ1) is 8.81. The summed E-state index contributed by atoms with van der Waals surface area (Å²) in [5, 5.41) is 7.97. The zero-order valence-corrected chi connectivity index (χ0v) is 11.7. The van der Waals surface area contributed by atoms with Crippen molar-refractivity contribution in [3.8, 4) is 0 Å². The van der Waals surface area contributed by atoms with Crippen LogP contribution in [-0.4, -0.2) is 56.6 Å². The normalized spacial score (nSPS) is 10.8. The molecule has 1 rings (SSSR count). The molecular formula is C11H20ClN3O3. The Hall–Kier alpha value is -0.850. The van der Waals surface area contributed by atoms with E-state index >= 15 is 0 Å². The van der Waals surface area contributed by atoms with Crippen LogP contribution in [-0.2, 0) is 15.9 Å². The number of rotatable bonds is 10. The van der Waals surface area contributed by atoms with Crippen molar-refractivity contribution in [3.05, 3.63) is 5.89 Å². The third-order valence-corrected chi connectivity index (χ3v) is 2.57. The van der Waals surface area contributed by atoms with Gasteiger partial charge in [0.05, 0.1) is 6.61 Å². The molecule has 0 N–H and O–H groups in total. The Morgan fingerprint density at radius 2 is 1.94 bits per heavy atom. The van der Waals surface area contributed by atoms with E-state index in [1.54, 1.807) is 14.2 Å². The Balaban J connectivity index is 2.55. The van der Waals surface area contributed by atoms with Gasteiger partial charge in [-0.1, -0.05) is 5.10 Å². The van der Waals surface area contributed by atoms with Crippen molar-refractivity contribution in [1.29, 1.82) is 0 Å². The Labute approximate surface area is 112 Å². The highest BCUT2D eigenvalue weighted by Crippen LogP contribution is 2.13.